The highest BCUT2D eigenvalue weighted by Crippen LogP contribution is 2.14. The summed E-state index contributed by atoms with van der Waals surface area (Å²) in [7, 11) is 0. The van der Waals surface area contributed by atoms with Crippen LogP contribution < -0.4 is 5.43 Å². The van der Waals surface area contributed by atoms with E-state index >= 15 is 0 Å². The fourth-order valence-corrected chi connectivity index (χ4v) is 2.83. The molecular weight excluding hydrogens is 427 g/mol. The molecule has 0 saturated heterocycles. The van der Waals surface area contributed by atoms with Crippen LogP contribution in [0.25, 0.3) is 5.82 Å². The lowest BCUT2D eigenvalue weighted by molar-refractivity contribution is 0.793. The minimum atomic E-state index is 0.639. The fraction of sp³-hybridized carbons (Fsp3) is 0.222. The van der Waals surface area contributed by atoms with Crippen LogP contribution in [0, 0.1) is 24.3 Å². The first kappa shape index (κ1) is 17.5. The Kier molecular flexibility index (Phi) is 5.12. The van der Waals surface area contributed by atoms with E-state index in [0.29, 0.717) is 11.6 Å². The van der Waals surface area contributed by atoms with Gasteiger partial charge in [0.2, 0.25) is 0 Å². The van der Waals surface area contributed by atoms with Crippen LogP contribution in [0.3, 0.4) is 0 Å². The molecule has 0 fully saturated rings. The van der Waals surface area contributed by atoms with Crippen molar-refractivity contribution in [2.24, 2.45) is 5.10 Å². The standard InChI is InChI=1S/C18H19IN6/c1-11-9-12(2)25(24-11)18-10-17(20-14(4)21-18)23-22-13(3)15-5-7-16(19)8-6-15/h5-10H,1-4H3,(H,20,21,23)/b22-13+. The molecule has 3 rings (SSSR count). The first-order chi connectivity index (χ1) is 11.9. The van der Waals surface area contributed by atoms with Crippen molar-refractivity contribution in [3.63, 3.8) is 0 Å². The van der Waals surface area contributed by atoms with Crippen molar-refractivity contribution in [2.45, 2.75) is 27.7 Å². The summed E-state index contributed by atoms with van der Waals surface area (Å²) < 4.78 is 3.01. The predicted octanol–water partition coefficient (Wildman–Crippen LogP) is 4.03. The van der Waals surface area contributed by atoms with Crippen molar-refractivity contribution in [3.05, 3.63) is 62.7 Å². The van der Waals surface area contributed by atoms with Gasteiger partial charge in [-0.25, -0.2) is 14.6 Å². The number of halogens is 1. The number of aryl methyl sites for hydroxylation is 3. The molecule has 0 atom stereocenters. The summed E-state index contributed by atoms with van der Waals surface area (Å²) in [4.78, 5) is 8.88. The van der Waals surface area contributed by atoms with Gasteiger partial charge < -0.3 is 0 Å². The van der Waals surface area contributed by atoms with Crippen LogP contribution in [0.2, 0.25) is 0 Å². The Bertz CT molecular complexity index is 927. The smallest absolute Gasteiger partial charge is 0.159 e. The Morgan fingerprint density at radius 3 is 2.44 bits per heavy atom. The van der Waals surface area contributed by atoms with E-state index in [4.69, 9.17) is 0 Å². The molecular formula is C18H19IN6. The van der Waals surface area contributed by atoms with Crippen molar-refractivity contribution < 1.29 is 0 Å². The van der Waals surface area contributed by atoms with Gasteiger partial charge in [0.05, 0.1) is 11.4 Å². The van der Waals surface area contributed by atoms with E-state index in [-0.39, 0.29) is 0 Å². The highest BCUT2D eigenvalue weighted by atomic mass is 127. The largest absolute Gasteiger partial charge is 0.261 e. The van der Waals surface area contributed by atoms with Gasteiger partial charge in [-0.15, -0.1) is 0 Å². The van der Waals surface area contributed by atoms with E-state index in [1.165, 1.54) is 3.57 Å². The van der Waals surface area contributed by atoms with Crippen LogP contribution in [0.4, 0.5) is 5.82 Å². The molecule has 0 aliphatic carbocycles. The maximum Gasteiger partial charge on any atom is 0.159 e. The van der Waals surface area contributed by atoms with Gasteiger partial charge in [-0.3, -0.25) is 5.43 Å². The summed E-state index contributed by atoms with van der Waals surface area (Å²) in [6, 6.07) is 12.1. The monoisotopic (exact) mass is 446 g/mol. The summed E-state index contributed by atoms with van der Waals surface area (Å²) in [5, 5.41) is 8.92. The molecule has 7 heteroatoms. The van der Waals surface area contributed by atoms with Crippen molar-refractivity contribution in [1.29, 1.82) is 0 Å². The molecule has 1 N–H and O–H groups in total. The number of aromatic nitrogens is 4. The van der Waals surface area contributed by atoms with Crippen LogP contribution >= 0.6 is 22.6 Å². The lowest BCUT2D eigenvalue weighted by Gasteiger charge is -2.08. The number of benzene rings is 1. The fourth-order valence-electron chi connectivity index (χ4n) is 2.48. The van der Waals surface area contributed by atoms with Gasteiger partial charge in [0.15, 0.2) is 11.6 Å². The summed E-state index contributed by atoms with van der Waals surface area (Å²) in [6.45, 7) is 7.79. The number of nitrogens with one attached hydrogen (secondary N) is 1. The first-order valence-corrected chi connectivity index (χ1v) is 8.96. The van der Waals surface area contributed by atoms with E-state index in [1.54, 1.807) is 0 Å². The van der Waals surface area contributed by atoms with Gasteiger partial charge in [0, 0.05) is 15.3 Å². The highest BCUT2D eigenvalue weighted by molar-refractivity contribution is 14.1. The molecule has 128 valence electrons. The molecule has 2 aromatic heterocycles. The predicted molar refractivity (Wildman–Crippen MR) is 108 cm³/mol. The van der Waals surface area contributed by atoms with Crippen molar-refractivity contribution in [3.8, 4) is 5.82 Å². The molecule has 0 unspecified atom stereocenters. The average Bonchev–Trinajstić information content (AvgIpc) is 2.91. The van der Waals surface area contributed by atoms with Gasteiger partial charge in [0.25, 0.3) is 0 Å². The first-order valence-electron chi connectivity index (χ1n) is 7.88. The molecule has 0 amide bonds. The number of hydrazone groups is 1. The number of hydrogen-bond donors (Lipinski definition) is 1. The van der Waals surface area contributed by atoms with Crippen LogP contribution in [0.15, 0.2) is 41.5 Å². The summed E-state index contributed by atoms with van der Waals surface area (Å²) in [5.74, 6) is 2.03. The summed E-state index contributed by atoms with van der Waals surface area (Å²) in [6.07, 6.45) is 0. The molecule has 6 nitrogen and oxygen atoms in total. The van der Waals surface area contributed by atoms with Gasteiger partial charge in [-0.1, -0.05) is 12.1 Å². The molecule has 2 heterocycles. The maximum atomic E-state index is 4.48. The highest BCUT2D eigenvalue weighted by Gasteiger charge is 2.08. The number of anilines is 1. The Balaban J connectivity index is 1.87. The molecule has 25 heavy (non-hydrogen) atoms. The Morgan fingerprint density at radius 1 is 1.08 bits per heavy atom. The van der Waals surface area contributed by atoms with Crippen LogP contribution in [0.5, 0.6) is 0 Å². The van der Waals surface area contributed by atoms with Gasteiger partial charge in [-0.2, -0.15) is 10.2 Å². The Morgan fingerprint density at radius 2 is 1.80 bits per heavy atom. The van der Waals surface area contributed by atoms with E-state index in [0.717, 1.165) is 28.5 Å². The molecule has 0 spiro atoms. The van der Waals surface area contributed by atoms with E-state index in [9.17, 15) is 0 Å². The van der Waals surface area contributed by atoms with Crippen LogP contribution in [-0.2, 0) is 0 Å². The Hall–Kier alpha value is -2.29. The Labute approximate surface area is 160 Å². The van der Waals surface area contributed by atoms with Gasteiger partial charge in [-0.05, 0) is 74.0 Å². The minimum Gasteiger partial charge on any atom is -0.261 e. The molecule has 0 radical (unpaired) electrons. The van der Waals surface area contributed by atoms with E-state index in [2.05, 4.69) is 72.5 Å². The second-order valence-corrected chi connectivity index (χ2v) is 7.06. The molecule has 0 bridgehead atoms. The molecule has 0 aliphatic rings. The third-order valence-electron chi connectivity index (χ3n) is 3.65. The topological polar surface area (TPSA) is 68.0 Å². The SMILES string of the molecule is C/C(=N\Nc1cc(-n2nc(C)cc2C)nc(C)n1)c1ccc(I)cc1. The zero-order valence-corrected chi connectivity index (χ0v) is 16.7. The second-order valence-electron chi connectivity index (χ2n) is 5.81. The van der Waals surface area contributed by atoms with Crippen molar-refractivity contribution in [1.82, 2.24) is 19.7 Å². The zero-order valence-electron chi connectivity index (χ0n) is 14.6. The third-order valence-corrected chi connectivity index (χ3v) is 4.37. The zero-order chi connectivity index (χ0) is 18.0. The van der Waals surface area contributed by atoms with Crippen LogP contribution in [-0.4, -0.2) is 25.5 Å². The van der Waals surface area contributed by atoms with Crippen molar-refractivity contribution >= 4 is 34.1 Å². The summed E-state index contributed by atoms with van der Waals surface area (Å²) >= 11 is 2.29. The average molecular weight is 446 g/mol. The molecule has 1 aromatic carbocycles. The molecule has 3 aromatic rings. The third kappa shape index (κ3) is 4.22. The molecule has 0 saturated carbocycles. The molecule has 0 aliphatic heterocycles. The number of rotatable bonds is 4. The van der Waals surface area contributed by atoms with Crippen molar-refractivity contribution in [2.75, 3.05) is 5.43 Å². The lowest BCUT2D eigenvalue weighted by atomic mass is 10.1. The minimum absolute atomic E-state index is 0.639. The quantitative estimate of drug-likeness (QED) is 0.374. The summed E-state index contributed by atoms with van der Waals surface area (Å²) in [5.41, 5.74) is 6.97. The normalized spacial score (nSPS) is 11.6. The van der Waals surface area contributed by atoms with Crippen LogP contribution in [0.1, 0.15) is 29.7 Å². The van der Waals surface area contributed by atoms with E-state index < -0.39 is 0 Å². The number of nitrogens with zero attached hydrogens (tertiary/aromatic N) is 5. The van der Waals surface area contributed by atoms with Gasteiger partial charge >= 0.3 is 0 Å². The van der Waals surface area contributed by atoms with Gasteiger partial charge in [0.1, 0.15) is 5.82 Å². The second kappa shape index (κ2) is 7.30. The number of hydrogen-bond acceptors (Lipinski definition) is 5. The maximum absolute atomic E-state index is 4.48. The van der Waals surface area contributed by atoms with E-state index in [1.807, 2.05) is 44.5 Å². The lowest BCUT2D eigenvalue weighted by Crippen LogP contribution is -2.07.